The number of hydrogen-bond donors (Lipinski definition) is 1. The van der Waals surface area contributed by atoms with Gasteiger partial charge in [0.2, 0.25) is 0 Å². The topological polar surface area (TPSA) is 69.6 Å². The van der Waals surface area contributed by atoms with Crippen LogP contribution in [0.25, 0.3) is 10.8 Å². The molecule has 3 aromatic rings. The highest BCUT2D eigenvalue weighted by Crippen LogP contribution is 2.23. The molecule has 0 saturated carbocycles. The zero-order valence-corrected chi connectivity index (χ0v) is 16.1. The van der Waals surface area contributed by atoms with Crippen LogP contribution in [0, 0.1) is 6.92 Å². The van der Waals surface area contributed by atoms with Gasteiger partial charge in [0.25, 0.3) is 11.5 Å². The molecule has 6 heteroatoms. The van der Waals surface area contributed by atoms with E-state index in [1.54, 1.807) is 29.0 Å². The monoisotopic (exact) mass is 380 g/mol. The second-order valence-corrected chi connectivity index (χ2v) is 6.43. The first-order valence-electron chi connectivity index (χ1n) is 9.27. The lowest BCUT2D eigenvalue weighted by Crippen LogP contribution is -2.22. The van der Waals surface area contributed by atoms with Gasteiger partial charge in [-0.15, -0.1) is 0 Å². The molecule has 6 nitrogen and oxygen atoms in total. The number of carbonyl (C=O) groups is 1. The summed E-state index contributed by atoms with van der Waals surface area (Å²) in [7, 11) is 0. The summed E-state index contributed by atoms with van der Waals surface area (Å²) in [5.41, 5.74) is 1.68. The van der Waals surface area contributed by atoms with Crippen molar-refractivity contribution in [3.63, 3.8) is 0 Å². The van der Waals surface area contributed by atoms with Gasteiger partial charge in [0.15, 0.2) is 6.61 Å². The smallest absolute Gasteiger partial charge is 0.262 e. The second-order valence-electron chi connectivity index (χ2n) is 6.43. The number of nitrogens with one attached hydrogen (secondary N) is 1. The van der Waals surface area contributed by atoms with E-state index in [0.717, 1.165) is 11.3 Å². The Balaban J connectivity index is 1.71. The van der Waals surface area contributed by atoms with Crippen molar-refractivity contribution in [2.75, 3.05) is 25.1 Å². The van der Waals surface area contributed by atoms with Crippen LogP contribution in [0.1, 0.15) is 12.5 Å². The molecule has 0 saturated heterocycles. The van der Waals surface area contributed by atoms with Gasteiger partial charge in [0, 0.05) is 30.4 Å². The third-order valence-electron chi connectivity index (χ3n) is 4.32. The van der Waals surface area contributed by atoms with E-state index in [1.807, 2.05) is 44.2 Å². The SMILES string of the molecule is CCOCCn1ccc2c(OCC(=O)Nc3cccc(C)c3)cccc2c1=O. The molecule has 1 aromatic heterocycles. The highest BCUT2D eigenvalue weighted by atomic mass is 16.5. The second kappa shape index (κ2) is 9.19. The molecule has 1 N–H and O–H groups in total. The van der Waals surface area contributed by atoms with E-state index in [2.05, 4.69) is 5.32 Å². The average molecular weight is 380 g/mol. The summed E-state index contributed by atoms with van der Waals surface area (Å²) in [6.07, 6.45) is 1.73. The number of carbonyl (C=O) groups excluding carboxylic acids is 1. The highest BCUT2D eigenvalue weighted by Gasteiger charge is 2.10. The molecule has 0 aliphatic carbocycles. The molecule has 0 radical (unpaired) electrons. The number of hydrogen-bond acceptors (Lipinski definition) is 4. The lowest BCUT2D eigenvalue weighted by molar-refractivity contribution is -0.118. The van der Waals surface area contributed by atoms with E-state index >= 15 is 0 Å². The Labute approximate surface area is 163 Å². The van der Waals surface area contributed by atoms with Gasteiger partial charge in [0.1, 0.15) is 5.75 Å². The zero-order chi connectivity index (χ0) is 19.9. The number of amides is 1. The van der Waals surface area contributed by atoms with Crippen LogP contribution in [0.4, 0.5) is 5.69 Å². The molecule has 0 spiro atoms. The van der Waals surface area contributed by atoms with E-state index < -0.39 is 0 Å². The minimum absolute atomic E-state index is 0.105. The molecule has 0 atom stereocenters. The molecule has 0 fully saturated rings. The lowest BCUT2D eigenvalue weighted by atomic mass is 10.1. The van der Waals surface area contributed by atoms with Crippen molar-refractivity contribution in [3.8, 4) is 5.75 Å². The molecule has 3 rings (SSSR count). The summed E-state index contributed by atoms with van der Waals surface area (Å²) in [5, 5.41) is 4.04. The standard InChI is InChI=1S/C22H24N2O4/c1-3-27-13-12-24-11-10-18-19(22(24)26)8-5-9-20(18)28-15-21(25)23-17-7-4-6-16(2)14-17/h4-11,14H,3,12-13,15H2,1-2H3,(H,23,25). The minimum atomic E-state index is -0.257. The Morgan fingerprint density at radius 1 is 1.11 bits per heavy atom. The van der Waals surface area contributed by atoms with Gasteiger partial charge in [-0.05, 0) is 49.7 Å². The summed E-state index contributed by atoms with van der Waals surface area (Å²) < 4.78 is 12.6. The maximum atomic E-state index is 12.7. The number of aromatic nitrogens is 1. The van der Waals surface area contributed by atoms with Crippen molar-refractivity contribution in [3.05, 3.63) is 70.6 Å². The van der Waals surface area contributed by atoms with Crippen molar-refractivity contribution in [2.45, 2.75) is 20.4 Å². The first kappa shape index (κ1) is 19.6. The molecule has 1 heterocycles. The molecule has 146 valence electrons. The first-order chi connectivity index (χ1) is 13.6. The van der Waals surface area contributed by atoms with Gasteiger partial charge >= 0.3 is 0 Å². The lowest BCUT2D eigenvalue weighted by Gasteiger charge is -2.12. The number of nitrogens with zero attached hydrogens (tertiary/aromatic N) is 1. The number of benzene rings is 2. The maximum absolute atomic E-state index is 12.7. The van der Waals surface area contributed by atoms with E-state index in [0.29, 0.717) is 36.3 Å². The van der Waals surface area contributed by atoms with Crippen molar-refractivity contribution in [1.29, 1.82) is 0 Å². The molecular formula is C22H24N2O4. The van der Waals surface area contributed by atoms with Gasteiger partial charge in [0.05, 0.1) is 12.0 Å². The molecular weight excluding hydrogens is 356 g/mol. The summed E-state index contributed by atoms with van der Waals surface area (Å²) in [5.74, 6) is 0.249. The quantitative estimate of drug-likeness (QED) is 0.609. The third kappa shape index (κ3) is 4.78. The van der Waals surface area contributed by atoms with Crippen molar-refractivity contribution in [2.24, 2.45) is 0 Å². The predicted molar refractivity (Wildman–Crippen MR) is 110 cm³/mol. The molecule has 0 unspecified atom stereocenters. The van der Waals surface area contributed by atoms with Crippen molar-refractivity contribution < 1.29 is 14.3 Å². The molecule has 0 aliphatic heterocycles. The Morgan fingerprint density at radius 2 is 1.93 bits per heavy atom. The van der Waals surface area contributed by atoms with E-state index in [-0.39, 0.29) is 18.1 Å². The normalized spacial score (nSPS) is 10.8. The Kier molecular flexibility index (Phi) is 6.45. The Hall–Kier alpha value is -3.12. The summed E-state index contributed by atoms with van der Waals surface area (Å²) in [4.78, 5) is 24.8. The summed E-state index contributed by atoms with van der Waals surface area (Å²) >= 11 is 0. The fraction of sp³-hybridized carbons (Fsp3) is 0.273. The van der Waals surface area contributed by atoms with Gasteiger partial charge in [-0.3, -0.25) is 9.59 Å². The van der Waals surface area contributed by atoms with Gasteiger partial charge in [-0.2, -0.15) is 0 Å². The number of rotatable bonds is 8. The Morgan fingerprint density at radius 3 is 2.71 bits per heavy atom. The number of anilines is 1. The van der Waals surface area contributed by atoms with Gasteiger partial charge < -0.3 is 19.4 Å². The number of ether oxygens (including phenoxy) is 2. The zero-order valence-electron chi connectivity index (χ0n) is 16.1. The van der Waals surface area contributed by atoms with Crippen LogP contribution in [-0.4, -0.2) is 30.3 Å². The average Bonchev–Trinajstić information content (AvgIpc) is 2.68. The number of fused-ring (bicyclic) bond motifs is 1. The van der Waals surface area contributed by atoms with Crippen LogP contribution >= 0.6 is 0 Å². The largest absolute Gasteiger partial charge is 0.483 e. The van der Waals surface area contributed by atoms with E-state index in [4.69, 9.17) is 9.47 Å². The number of pyridine rings is 1. The van der Waals surface area contributed by atoms with Crippen LogP contribution in [0.2, 0.25) is 0 Å². The van der Waals surface area contributed by atoms with Crippen LogP contribution in [0.3, 0.4) is 0 Å². The van der Waals surface area contributed by atoms with E-state index in [9.17, 15) is 9.59 Å². The van der Waals surface area contributed by atoms with Gasteiger partial charge in [-0.1, -0.05) is 18.2 Å². The van der Waals surface area contributed by atoms with Crippen LogP contribution < -0.4 is 15.6 Å². The molecule has 1 amide bonds. The van der Waals surface area contributed by atoms with E-state index in [1.165, 1.54) is 0 Å². The third-order valence-corrected chi connectivity index (χ3v) is 4.32. The fourth-order valence-electron chi connectivity index (χ4n) is 2.96. The van der Waals surface area contributed by atoms with Crippen molar-refractivity contribution in [1.82, 2.24) is 4.57 Å². The van der Waals surface area contributed by atoms with Crippen LogP contribution in [0.5, 0.6) is 5.75 Å². The van der Waals surface area contributed by atoms with Gasteiger partial charge in [-0.25, -0.2) is 0 Å². The summed E-state index contributed by atoms with van der Waals surface area (Å²) in [6.45, 7) is 5.33. The molecule has 0 bridgehead atoms. The molecule has 0 aliphatic rings. The van der Waals surface area contributed by atoms with Crippen molar-refractivity contribution >= 4 is 22.4 Å². The van der Waals surface area contributed by atoms with Crippen LogP contribution in [0.15, 0.2) is 59.5 Å². The molecule has 28 heavy (non-hydrogen) atoms. The molecule has 2 aromatic carbocycles. The Bertz CT molecular complexity index is 1030. The first-order valence-corrected chi connectivity index (χ1v) is 9.27. The maximum Gasteiger partial charge on any atom is 0.262 e. The predicted octanol–water partition coefficient (Wildman–Crippen LogP) is 3.36. The minimum Gasteiger partial charge on any atom is -0.483 e. The number of aryl methyl sites for hydroxylation is 1. The fourth-order valence-corrected chi connectivity index (χ4v) is 2.96. The summed E-state index contributed by atoms with van der Waals surface area (Å²) in [6, 6.07) is 14.7. The highest BCUT2D eigenvalue weighted by molar-refractivity contribution is 5.93. The van der Waals surface area contributed by atoms with Crippen LogP contribution in [-0.2, 0) is 16.1 Å².